The van der Waals surface area contributed by atoms with Crippen LogP contribution < -0.4 is 16.0 Å². The predicted molar refractivity (Wildman–Crippen MR) is 77.4 cm³/mol. The summed E-state index contributed by atoms with van der Waals surface area (Å²) in [6.07, 6.45) is 0. The zero-order valence-electron chi connectivity index (χ0n) is 11.8. The van der Waals surface area contributed by atoms with Gasteiger partial charge in [-0.25, -0.2) is 4.79 Å². The number of ether oxygens (including phenoxy) is 1. The van der Waals surface area contributed by atoms with E-state index in [0.29, 0.717) is 13.2 Å². The first-order chi connectivity index (χ1) is 9.17. The summed E-state index contributed by atoms with van der Waals surface area (Å²) in [5.74, 6) is 0. The highest BCUT2D eigenvalue weighted by Crippen LogP contribution is 2.17. The molecule has 3 N–H and O–H groups in total. The Morgan fingerprint density at radius 3 is 2.89 bits per heavy atom. The lowest BCUT2D eigenvalue weighted by Crippen LogP contribution is -2.31. The fourth-order valence-electron chi connectivity index (χ4n) is 1.75. The van der Waals surface area contributed by atoms with Crippen molar-refractivity contribution in [1.29, 1.82) is 0 Å². The van der Waals surface area contributed by atoms with Crippen molar-refractivity contribution >= 4 is 11.7 Å². The van der Waals surface area contributed by atoms with E-state index < -0.39 is 0 Å². The summed E-state index contributed by atoms with van der Waals surface area (Å²) in [5, 5.41) is 8.86. The maximum Gasteiger partial charge on any atom is 0.319 e. The van der Waals surface area contributed by atoms with Gasteiger partial charge >= 0.3 is 6.03 Å². The molecule has 0 heterocycles. The average Bonchev–Trinajstić information content (AvgIpc) is 2.39. The summed E-state index contributed by atoms with van der Waals surface area (Å²) in [6.45, 7) is 6.08. The molecule has 0 aromatic heterocycles. The van der Waals surface area contributed by atoms with E-state index in [1.807, 2.05) is 24.3 Å². The van der Waals surface area contributed by atoms with Gasteiger partial charge < -0.3 is 20.7 Å². The van der Waals surface area contributed by atoms with Crippen LogP contribution in [0.2, 0.25) is 0 Å². The van der Waals surface area contributed by atoms with Crippen molar-refractivity contribution in [3.8, 4) is 0 Å². The van der Waals surface area contributed by atoms with E-state index in [1.54, 1.807) is 7.11 Å². The molecule has 0 spiro atoms. The van der Waals surface area contributed by atoms with Crippen LogP contribution in [0.4, 0.5) is 10.5 Å². The number of rotatable bonds is 7. The molecule has 0 aliphatic heterocycles. The fourth-order valence-corrected chi connectivity index (χ4v) is 1.75. The molecule has 0 saturated carbocycles. The van der Waals surface area contributed by atoms with Gasteiger partial charge in [0.1, 0.15) is 0 Å². The summed E-state index contributed by atoms with van der Waals surface area (Å²) in [4.78, 5) is 11.6. The summed E-state index contributed by atoms with van der Waals surface area (Å²) in [7, 11) is 1.60. The van der Waals surface area contributed by atoms with E-state index in [0.717, 1.165) is 17.8 Å². The first kappa shape index (κ1) is 15.5. The summed E-state index contributed by atoms with van der Waals surface area (Å²) in [5.41, 5.74) is 1.94. The maximum absolute atomic E-state index is 11.6. The zero-order chi connectivity index (χ0) is 14.1. The summed E-state index contributed by atoms with van der Waals surface area (Å²) < 4.78 is 4.87. The van der Waals surface area contributed by atoms with Gasteiger partial charge in [0.15, 0.2) is 0 Å². The number of urea groups is 1. The van der Waals surface area contributed by atoms with Crippen LogP contribution in [-0.2, 0) is 4.74 Å². The number of methoxy groups -OCH3 is 1. The predicted octanol–water partition coefficient (Wildman–Crippen LogP) is 2.12. The fraction of sp³-hybridized carbons (Fsp3) is 0.500. The number of carbonyl (C=O) groups excluding carboxylic acids is 1. The normalized spacial score (nSPS) is 11.9. The Morgan fingerprint density at radius 1 is 1.42 bits per heavy atom. The van der Waals surface area contributed by atoms with Crippen LogP contribution in [0.5, 0.6) is 0 Å². The van der Waals surface area contributed by atoms with Crippen LogP contribution in [-0.4, -0.2) is 32.8 Å². The van der Waals surface area contributed by atoms with Crippen LogP contribution in [0.3, 0.4) is 0 Å². The first-order valence-electron chi connectivity index (χ1n) is 6.54. The lowest BCUT2D eigenvalue weighted by molar-refractivity contribution is 0.198. The largest absolute Gasteiger partial charge is 0.383 e. The Bertz CT molecular complexity index is 396. The third-order valence-electron chi connectivity index (χ3n) is 2.75. The minimum Gasteiger partial charge on any atom is -0.383 e. The molecule has 0 bridgehead atoms. The van der Waals surface area contributed by atoms with Crippen molar-refractivity contribution in [3.63, 3.8) is 0 Å². The van der Waals surface area contributed by atoms with E-state index in [9.17, 15) is 4.79 Å². The molecule has 1 aromatic rings. The molecular weight excluding hydrogens is 242 g/mol. The van der Waals surface area contributed by atoms with Crippen molar-refractivity contribution in [1.82, 2.24) is 10.6 Å². The lowest BCUT2D eigenvalue weighted by atomic mass is 10.1. The molecule has 1 atom stereocenters. The smallest absolute Gasteiger partial charge is 0.319 e. The van der Waals surface area contributed by atoms with Crippen LogP contribution >= 0.6 is 0 Å². The molecule has 0 saturated heterocycles. The third kappa shape index (κ3) is 5.72. The number of carbonyl (C=O) groups is 1. The van der Waals surface area contributed by atoms with Gasteiger partial charge in [-0.1, -0.05) is 19.1 Å². The monoisotopic (exact) mass is 265 g/mol. The highest BCUT2D eigenvalue weighted by molar-refractivity contribution is 5.89. The van der Waals surface area contributed by atoms with Gasteiger partial charge in [0, 0.05) is 25.4 Å². The average molecular weight is 265 g/mol. The van der Waals surface area contributed by atoms with Crippen molar-refractivity contribution in [2.75, 3.05) is 32.1 Å². The molecule has 5 heteroatoms. The van der Waals surface area contributed by atoms with Crippen LogP contribution in [0, 0.1) is 0 Å². The van der Waals surface area contributed by atoms with Crippen molar-refractivity contribution in [2.45, 2.75) is 19.9 Å². The Balaban J connectivity index is 2.54. The molecule has 19 heavy (non-hydrogen) atoms. The van der Waals surface area contributed by atoms with E-state index in [2.05, 4.69) is 29.8 Å². The SMILES string of the molecule is CCNC(C)c1cccc(NC(=O)NCCOC)c1. The second-order valence-corrected chi connectivity index (χ2v) is 4.28. The summed E-state index contributed by atoms with van der Waals surface area (Å²) in [6, 6.07) is 7.88. The highest BCUT2D eigenvalue weighted by atomic mass is 16.5. The van der Waals surface area contributed by atoms with Crippen LogP contribution in [0.25, 0.3) is 0 Å². The minimum absolute atomic E-state index is 0.217. The second-order valence-electron chi connectivity index (χ2n) is 4.28. The third-order valence-corrected chi connectivity index (χ3v) is 2.75. The van der Waals surface area contributed by atoms with E-state index in [4.69, 9.17) is 4.74 Å². The maximum atomic E-state index is 11.6. The van der Waals surface area contributed by atoms with Gasteiger partial charge in [0.2, 0.25) is 0 Å². The Morgan fingerprint density at radius 2 is 2.21 bits per heavy atom. The number of amides is 2. The molecule has 1 aromatic carbocycles. The number of benzene rings is 1. The molecule has 1 rings (SSSR count). The molecule has 0 fully saturated rings. The van der Waals surface area contributed by atoms with Gasteiger partial charge in [-0.05, 0) is 31.2 Å². The molecular formula is C14H23N3O2. The van der Waals surface area contributed by atoms with Gasteiger partial charge in [-0.3, -0.25) is 0 Å². The second kappa shape index (κ2) is 8.50. The van der Waals surface area contributed by atoms with E-state index >= 15 is 0 Å². The van der Waals surface area contributed by atoms with Gasteiger partial charge in [0.25, 0.3) is 0 Å². The lowest BCUT2D eigenvalue weighted by Gasteiger charge is -2.14. The summed E-state index contributed by atoms with van der Waals surface area (Å²) >= 11 is 0. The molecule has 106 valence electrons. The standard InChI is InChI=1S/C14H23N3O2/c1-4-15-11(2)12-6-5-7-13(10-12)17-14(18)16-8-9-19-3/h5-7,10-11,15H,4,8-9H2,1-3H3,(H2,16,17,18). The van der Waals surface area contributed by atoms with E-state index in [1.165, 1.54) is 0 Å². The first-order valence-corrected chi connectivity index (χ1v) is 6.54. The molecule has 0 radical (unpaired) electrons. The van der Waals surface area contributed by atoms with Crippen molar-refractivity contribution in [3.05, 3.63) is 29.8 Å². The topological polar surface area (TPSA) is 62.4 Å². The van der Waals surface area contributed by atoms with Crippen LogP contribution in [0.15, 0.2) is 24.3 Å². The Hall–Kier alpha value is -1.59. The van der Waals surface area contributed by atoms with E-state index in [-0.39, 0.29) is 12.1 Å². The molecule has 1 unspecified atom stereocenters. The molecule has 0 aliphatic rings. The van der Waals surface area contributed by atoms with Gasteiger partial charge in [-0.15, -0.1) is 0 Å². The van der Waals surface area contributed by atoms with Crippen molar-refractivity contribution in [2.24, 2.45) is 0 Å². The van der Waals surface area contributed by atoms with Gasteiger partial charge in [0.05, 0.1) is 6.61 Å². The molecule has 0 aliphatic carbocycles. The van der Waals surface area contributed by atoms with Crippen LogP contribution in [0.1, 0.15) is 25.5 Å². The Labute approximate surface area is 114 Å². The van der Waals surface area contributed by atoms with Crippen molar-refractivity contribution < 1.29 is 9.53 Å². The zero-order valence-corrected chi connectivity index (χ0v) is 11.8. The number of anilines is 1. The molecule has 5 nitrogen and oxygen atoms in total. The highest BCUT2D eigenvalue weighted by Gasteiger charge is 2.06. The number of nitrogens with one attached hydrogen (secondary N) is 3. The quantitative estimate of drug-likeness (QED) is 0.662. The van der Waals surface area contributed by atoms with Gasteiger partial charge in [-0.2, -0.15) is 0 Å². The number of hydrogen-bond acceptors (Lipinski definition) is 3. The molecule has 2 amide bonds. The Kier molecular flexibility index (Phi) is 6.92. The number of hydrogen-bond donors (Lipinski definition) is 3. The minimum atomic E-state index is -0.217.